The minimum absolute atomic E-state index is 0. The molecule has 0 aliphatic heterocycles. The molecule has 0 spiro atoms. The minimum atomic E-state index is 0. The van der Waals surface area contributed by atoms with Crippen molar-refractivity contribution in [1.29, 1.82) is 0 Å². The van der Waals surface area contributed by atoms with E-state index < -0.39 is 0 Å². The molecule has 0 aromatic heterocycles. The minimum Gasteiger partial charge on any atom is -0.0125 e. The van der Waals surface area contributed by atoms with Crippen LogP contribution in [0.25, 0.3) is 0 Å². The first kappa shape index (κ1) is 57.6. The first-order chi connectivity index (χ1) is 0. The van der Waals surface area contributed by atoms with Gasteiger partial charge in [-0.25, -0.2) is 0 Å². The zero-order valence-electron chi connectivity index (χ0n) is 2.30. The molecule has 0 fully saturated rings. The predicted octanol–water partition coefficient (Wildman–Crippen LogP) is -1.57. The van der Waals surface area contributed by atoms with Gasteiger partial charge in [-0.15, -0.1) is 0 Å². The summed E-state index contributed by atoms with van der Waals surface area (Å²) in [4.78, 5) is 0. The molecule has 0 N–H and O–H groups in total. The van der Waals surface area contributed by atoms with Gasteiger partial charge in [0.25, 0.3) is 0 Å². The summed E-state index contributed by atoms with van der Waals surface area (Å²) in [6.45, 7) is 0. The van der Waals surface area contributed by atoms with E-state index >= 15 is 0 Å². The molecule has 0 rings (SSSR count). The third-order valence-electron chi connectivity index (χ3n) is 0. The Morgan fingerprint density at radius 2 is 1.00 bits per heavy atom. The van der Waals surface area contributed by atoms with E-state index in [-0.39, 0.29) is 53.2 Å². The molecule has 0 saturated carbocycles. The van der Waals surface area contributed by atoms with E-state index in [2.05, 4.69) is 0 Å². The van der Waals surface area contributed by atoms with Gasteiger partial charge in [0.05, 0.1) is 0 Å². The predicted molar refractivity (Wildman–Crippen MR) is 15.7 cm³/mol. The third-order valence-corrected chi connectivity index (χ3v) is 0. The van der Waals surface area contributed by atoms with Crippen LogP contribution in [-0.4, -0.2) is 19.4 Å². The SMILES string of the molecule is [B].[Cr].[Ni].[SiH3]. The molecule has 0 aliphatic carbocycles. The molecular weight excluding hydrogens is 150 g/mol. The van der Waals surface area contributed by atoms with E-state index in [1.807, 2.05) is 0 Å². The second-order valence-corrected chi connectivity index (χ2v) is 0. The van der Waals surface area contributed by atoms with E-state index in [9.17, 15) is 0 Å². The van der Waals surface area contributed by atoms with Crippen molar-refractivity contribution in [2.24, 2.45) is 0 Å². The fourth-order valence-corrected chi connectivity index (χ4v) is 0. The molecule has 0 atom stereocenters. The van der Waals surface area contributed by atoms with Crippen molar-refractivity contribution in [3.8, 4) is 0 Å². The second kappa shape index (κ2) is 27.6. The average Bonchev–Trinajstić information content (AvgIpc) is 0. The molecule has 0 heterocycles. The van der Waals surface area contributed by atoms with Gasteiger partial charge in [-0.05, 0) is 11.0 Å². The molecule has 4 heavy (non-hydrogen) atoms. The van der Waals surface area contributed by atoms with E-state index in [1.165, 1.54) is 0 Å². The van der Waals surface area contributed by atoms with Gasteiger partial charge in [0.1, 0.15) is 0 Å². The first-order valence-electron chi connectivity index (χ1n) is 0. The Balaban J connectivity index is 0. The van der Waals surface area contributed by atoms with Crippen LogP contribution >= 0.6 is 0 Å². The summed E-state index contributed by atoms with van der Waals surface area (Å²) in [7, 11) is 0. The van der Waals surface area contributed by atoms with Gasteiger partial charge in [-0.3, -0.25) is 0 Å². The first-order valence-corrected chi connectivity index (χ1v) is 0. The van der Waals surface area contributed by atoms with Crippen LogP contribution in [0.4, 0.5) is 0 Å². The Kier molecular flexibility index (Phi) is 397. The summed E-state index contributed by atoms with van der Waals surface area (Å²) in [6, 6.07) is 0. The summed E-state index contributed by atoms with van der Waals surface area (Å²) in [5.74, 6) is 0. The maximum Gasteiger partial charge on any atom is 0 e. The maximum atomic E-state index is 0. The van der Waals surface area contributed by atoms with E-state index in [1.54, 1.807) is 0 Å². The normalized spacial score (nSPS) is 0. The van der Waals surface area contributed by atoms with Crippen LogP contribution in [0.15, 0.2) is 0 Å². The van der Waals surface area contributed by atoms with Crippen LogP contribution in [0.5, 0.6) is 0 Å². The van der Waals surface area contributed by atoms with Gasteiger partial charge in [-0.2, -0.15) is 0 Å². The zero-order valence-corrected chi connectivity index (χ0v) is 6.56. The van der Waals surface area contributed by atoms with E-state index in [0.717, 1.165) is 0 Å². The van der Waals surface area contributed by atoms with Crippen molar-refractivity contribution in [2.45, 2.75) is 0 Å². The van der Waals surface area contributed by atoms with Gasteiger partial charge in [0, 0.05) is 42.3 Å². The van der Waals surface area contributed by atoms with E-state index in [0.29, 0.717) is 0 Å². The van der Waals surface area contributed by atoms with Crippen LogP contribution in [0.1, 0.15) is 0 Å². The van der Waals surface area contributed by atoms with E-state index in [4.69, 9.17) is 0 Å². The Hall–Kier alpha value is 1.31. The quantitative estimate of drug-likeness (QED) is 0.368. The van der Waals surface area contributed by atoms with Gasteiger partial charge < -0.3 is 0 Å². The molecule has 0 aromatic carbocycles. The van der Waals surface area contributed by atoms with Crippen molar-refractivity contribution in [2.75, 3.05) is 0 Å². The van der Waals surface area contributed by atoms with Crippen LogP contribution in [0.2, 0.25) is 0 Å². The monoisotopic (exact) mass is 152 g/mol. The molecule has 4 radical (unpaired) electrons. The molecule has 0 bridgehead atoms. The maximum absolute atomic E-state index is 0. The molecular formula is H3BCrNiSi. The Morgan fingerprint density at radius 3 is 1.00 bits per heavy atom. The van der Waals surface area contributed by atoms with Gasteiger partial charge in [-0.1, -0.05) is 0 Å². The van der Waals surface area contributed by atoms with Crippen molar-refractivity contribution >= 4 is 19.4 Å². The Bertz CT molecular complexity index is 8.00. The summed E-state index contributed by atoms with van der Waals surface area (Å²) < 4.78 is 0. The molecule has 0 aromatic rings. The fraction of sp³-hybridized carbons (Fsp3) is 0. The smallest absolute Gasteiger partial charge is 0 e. The van der Waals surface area contributed by atoms with Crippen LogP contribution in [-0.2, 0) is 33.9 Å². The van der Waals surface area contributed by atoms with Crippen molar-refractivity contribution in [3.63, 3.8) is 0 Å². The van der Waals surface area contributed by atoms with Crippen molar-refractivity contribution in [1.82, 2.24) is 0 Å². The van der Waals surface area contributed by atoms with Crippen LogP contribution in [0, 0.1) is 0 Å². The van der Waals surface area contributed by atoms with Crippen molar-refractivity contribution in [3.05, 3.63) is 0 Å². The number of rotatable bonds is 0. The Morgan fingerprint density at radius 1 is 1.00 bits per heavy atom. The fourth-order valence-electron chi connectivity index (χ4n) is 0. The van der Waals surface area contributed by atoms with Crippen LogP contribution in [0.3, 0.4) is 0 Å². The van der Waals surface area contributed by atoms with Crippen LogP contribution < -0.4 is 0 Å². The molecule has 0 nitrogen and oxygen atoms in total. The molecule has 0 unspecified atom stereocenters. The molecule has 4 heteroatoms. The molecule has 0 aliphatic rings. The zero-order chi connectivity index (χ0) is 0. The van der Waals surface area contributed by atoms with Crippen molar-refractivity contribution < 1.29 is 33.9 Å². The molecule has 26 valence electrons. The topological polar surface area (TPSA) is 0 Å². The molecule has 0 amide bonds. The standard InChI is InChI=1S/B.Cr.Ni.H3Si/h;;;1H3. The second-order valence-electron chi connectivity index (χ2n) is 0. The average molecular weight is 153 g/mol. The summed E-state index contributed by atoms with van der Waals surface area (Å²) in [6.07, 6.45) is 0. The summed E-state index contributed by atoms with van der Waals surface area (Å²) >= 11 is 0. The molecule has 0 saturated heterocycles. The number of hydrogen-bond acceptors (Lipinski definition) is 0. The van der Waals surface area contributed by atoms with Gasteiger partial charge in [0.15, 0.2) is 0 Å². The Labute approximate surface area is 53.4 Å². The summed E-state index contributed by atoms with van der Waals surface area (Å²) in [5.41, 5.74) is 0. The summed E-state index contributed by atoms with van der Waals surface area (Å²) in [5, 5.41) is 0. The number of hydrogen-bond donors (Lipinski definition) is 0. The largest absolute Gasteiger partial charge is 0.0125 e. The van der Waals surface area contributed by atoms with Gasteiger partial charge >= 0.3 is 0 Å². The third kappa shape index (κ3) is 10.3. The van der Waals surface area contributed by atoms with Gasteiger partial charge in [0.2, 0.25) is 0 Å².